The minimum atomic E-state index is 0.836. The van der Waals surface area contributed by atoms with E-state index in [9.17, 15) is 0 Å². The van der Waals surface area contributed by atoms with Crippen LogP contribution in [-0.4, -0.2) is 36.1 Å². The highest BCUT2D eigenvalue weighted by Gasteiger charge is 2.40. The summed E-state index contributed by atoms with van der Waals surface area (Å²) in [5, 5.41) is 3.69. The molecule has 0 bridgehead atoms. The van der Waals surface area contributed by atoms with Gasteiger partial charge in [0.05, 0.1) is 0 Å². The van der Waals surface area contributed by atoms with Crippen molar-refractivity contribution in [2.45, 2.75) is 56.7 Å². The topological polar surface area (TPSA) is 15.3 Å². The fourth-order valence-corrected chi connectivity index (χ4v) is 3.15. The predicted octanol–water partition coefficient (Wildman–Crippen LogP) is 1.37. The van der Waals surface area contributed by atoms with E-state index in [-0.39, 0.29) is 0 Å². The van der Waals surface area contributed by atoms with E-state index in [0.29, 0.717) is 0 Å². The van der Waals surface area contributed by atoms with E-state index in [1.165, 1.54) is 51.6 Å². The number of rotatable bonds is 1. The molecule has 1 heterocycles. The van der Waals surface area contributed by atoms with Gasteiger partial charge in [-0.3, -0.25) is 4.90 Å². The molecule has 0 radical (unpaired) electrons. The summed E-state index contributed by atoms with van der Waals surface area (Å²) < 4.78 is 0. The molecule has 2 heteroatoms. The number of nitrogens with one attached hydrogen (secondary N) is 1. The van der Waals surface area contributed by atoms with Gasteiger partial charge in [0.15, 0.2) is 0 Å². The Labute approximate surface area is 80.7 Å². The van der Waals surface area contributed by atoms with Gasteiger partial charge in [-0.1, -0.05) is 12.8 Å². The highest BCUT2D eigenvalue weighted by molar-refractivity contribution is 4.98. The van der Waals surface area contributed by atoms with Gasteiger partial charge in [0.2, 0.25) is 0 Å². The fourth-order valence-electron chi connectivity index (χ4n) is 3.15. The van der Waals surface area contributed by atoms with Gasteiger partial charge in [-0.15, -0.1) is 0 Å². The third-order valence-electron chi connectivity index (χ3n) is 3.95. The van der Waals surface area contributed by atoms with Crippen LogP contribution in [0.3, 0.4) is 0 Å². The van der Waals surface area contributed by atoms with E-state index < -0.39 is 0 Å². The first-order chi connectivity index (χ1) is 6.45. The molecule has 3 fully saturated rings. The lowest BCUT2D eigenvalue weighted by Gasteiger charge is -2.45. The van der Waals surface area contributed by atoms with E-state index >= 15 is 0 Å². The van der Waals surface area contributed by atoms with Crippen LogP contribution in [0.25, 0.3) is 0 Å². The van der Waals surface area contributed by atoms with Crippen molar-refractivity contribution in [3.8, 4) is 0 Å². The summed E-state index contributed by atoms with van der Waals surface area (Å²) in [7, 11) is 0. The van der Waals surface area contributed by atoms with Gasteiger partial charge in [0.1, 0.15) is 0 Å². The molecule has 2 nitrogen and oxygen atoms in total. The molecule has 0 amide bonds. The van der Waals surface area contributed by atoms with Crippen molar-refractivity contribution in [1.82, 2.24) is 10.2 Å². The van der Waals surface area contributed by atoms with Crippen molar-refractivity contribution in [2.75, 3.05) is 13.1 Å². The molecule has 74 valence electrons. The largest absolute Gasteiger partial charge is 0.311 e. The van der Waals surface area contributed by atoms with Crippen molar-refractivity contribution in [3.63, 3.8) is 0 Å². The lowest BCUT2D eigenvalue weighted by atomic mass is 9.87. The quantitative estimate of drug-likeness (QED) is 0.655. The van der Waals surface area contributed by atoms with Gasteiger partial charge in [0, 0.05) is 31.2 Å². The van der Waals surface area contributed by atoms with Crippen LogP contribution in [0.2, 0.25) is 0 Å². The lowest BCUT2D eigenvalue weighted by molar-refractivity contribution is 0.0810. The third-order valence-corrected chi connectivity index (χ3v) is 3.95. The summed E-state index contributed by atoms with van der Waals surface area (Å²) in [5.41, 5.74) is 0. The SMILES string of the molecule is C1CC[C@H]2[C@H](C1)NCCN2C1CC1. The number of fused-ring (bicyclic) bond motifs is 1. The van der Waals surface area contributed by atoms with Gasteiger partial charge in [0.25, 0.3) is 0 Å². The van der Waals surface area contributed by atoms with Gasteiger partial charge in [-0.25, -0.2) is 0 Å². The molecule has 2 atom stereocenters. The average Bonchev–Trinajstić information content (AvgIpc) is 3.00. The Hall–Kier alpha value is -0.0800. The normalized spacial score (nSPS) is 41.5. The molecule has 0 unspecified atom stereocenters. The maximum absolute atomic E-state index is 3.69. The molecule has 1 aliphatic heterocycles. The Morgan fingerprint density at radius 1 is 1.00 bits per heavy atom. The first kappa shape index (κ1) is 8.25. The predicted molar refractivity (Wildman–Crippen MR) is 53.8 cm³/mol. The van der Waals surface area contributed by atoms with Crippen LogP contribution in [0.1, 0.15) is 38.5 Å². The van der Waals surface area contributed by atoms with Gasteiger partial charge < -0.3 is 5.32 Å². The molecular weight excluding hydrogens is 160 g/mol. The minimum absolute atomic E-state index is 0.836. The number of hydrogen-bond acceptors (Lipinski definition) is 2. The van der Waals surface area contributed by atoms with Crippen molar-refractivity contribution in [1.29, 1.82) is 0 Å². The number of piperazine rings is 1. The fraction of sp³-hybridized carbons (Fsp3) is 1.00. The minimum Gasteiger partial charge on any atom is -0.311 e. The zero-order chi connectivity index (χ0) is 8.67. The molecule has 0 aromatic heterocycles. The third kappa shape index (κ3) is 1.50. The Balaban J connectivity index is 1.71. The van der Waals surface area contributed by atoms with Crippen molar-refractivity contribution >= 4 is 0 Å². The summed E-state index contributed by atoms with van der Waals surface area (Å²) in [6.07, 6.45) is 8.74. The maximum Gasteiger partial charge on any atom is 0.0252 e. The summed E-state index contributed by atoms with van der Waals surface area (Å²) in [4.78, 5) is 2.81. The first-order valence-electron chi connectivity index (χ1n) is 5.94. The second kappa shape index (κ2) is 3.25. The molecule has 2 saturated carbocycles. The molecule has 1 saturated heterocycles. The summed E-state index contributed by atoms with van der Waals surface area (Å²) in [6.45, 7) is 2.55. The first-order valence-corrected chi connectivity index (χ1v) is 5.94. The zero-order valence-corrected chi connectivity index (χ0v) is 8.34. The molecule has 0 aromatic carbocycles. The van der Waals surface area contributed by atoms with E-state index in [0.717, 1.165) is 18.1 Å². The van der Waals surface area contributed by atoms with Gasteiger partial charge >= 0.3 is 0 Å². The number of nitrogens with zero attached hydrogens (tertiary/aromatic N) is 1. The Kier molecular flexibility index (Phi) is 2.06. The molecule has 3 rings (SSSR count). The molecule has 13 heavy (non-hydrogen) atoms. The van der Waals surface area contributed by atoms with Crippen LogP contribution in [0.4, 0.5) is 0 Å². The molecule has 0 spiro atoms. The van der Waals surface area contributed by atoms with Gasteiger partial charge in [-0.2, -0.15) is 0 Å². The van der Waals surface area contributed by atoms with Crippen molar-refractivity contribution in [2.24, 2.45) is 0 Å². The highest BCUT2D eigenvalue weighted by atomic mass is 15.3. The second-order valence-electron chi connectivity index (χ2n) is 4.88. The van der Waals surface area contributed by atoms with Crippen molar-refractivity contribution in [3.05, 3.63) is 0 Å². The van der Waals surface area contributed by atoms with Crippen LogP contribution in [0, 0.1) is 0 Å². The van der Waals surface area contributed by atoms with E-state index in [1.54, 1.807) is 0 Å². The average molecular weight is 180 g/mol. The summed E-state index contributed by atoms with van der Waals surface area (Å²) in [6, 6.07) is 2.71. The maximum atomic E-state index is 3.69. The van der Waals surface area contributed by atoms with E-state index in [4.69, 9.17) is 0 Å². The standard InChI is InChI=1S/C11H20N2/c1-2-4-11-10(3-1)12-7-8-13(11)9-5-6-9/h9-12H,1-8H2/t10-,11-/m0/s1. The molecule has 1 N–H and O–H groups in total. The van der Waals surface area contributed by atoms with E-state index in [2.05, 4.69) is 10.2 Å². The highest BCUT2D eigenvalue weighted by Crippen LogP contribution is 2.34. The number of hydrogen-bond donors (Lipinski definition) is 1. The van der Waals surface area contributed by atoms with Crippen LogP contribution < -0.4 is 5.32 Å². The van der Waals surface area contributed by atoms with Crippen LogP contribution >= 0.6 is 0 Å². The van der Waals surface area contributed by atoms with Crippen LogP contribution in [0.15, 0.2) is 0 Å². The van der Waals surface area contributed by atoms with Crippen molar-refractivity contribution < 1.29 is 0 Å². The second-order valence-corrected chi connectivity index (χ2v) is 4.88. The van der Waals surface area contributed by atoms with Gasteiger partial charge in [-0.05, 0) is 25.7 Å². The lowest BCUT2D eigenvalue weighted by Crippen LogP contribution is -2.59. The Morgan fingerprint density at radius 2 is 1.85 bits per heavy atom. The molecular formula is C11H20N2. The molecule has 0 aromatic rings. The molecule has 3 aliphatic rings. The van der Waals surface area contributed by atoms with Crippen LogP contribution in [-0.2, 0) is 0 Å². The molecule has 2 aliphatic carbocycles. The smallest absolute Gasteiger partial charge is 0.0252 e. The van der Waals surface area contributed by atoms with Crippen LogP contribution in [0.5, 0.6) is 0 Å². The Morgan fingerprint density at radius 3 is 2.69 bits per heavy atom. The Bertz CT molecular complexity index is 187. The monoisotopic (exact) mass is 180 g/mol. The summed E-state index contributed by atoms with van der Waals surface area (Å²) >= 11 is 0. The zero-order valence-electron chi connectivity index (χ0n) is 8.34. The summed E-state index contributed by atoms with van der Waals surface area (Å²) in [5.74, 6) is 0. The van der Waals surface area contributed by atoms with E-state index in [1.807, 2.05) is 0 Å².